The van der Waals surface area contributed by atoms with Crippen molar-refractivity contribution in [3.8, 4) is 0 Å². The molecule has 0 aromatic heterocycles. The summed E-state index contributed by atoms with van der Waals surface area (Å²) in [7, 11) is 3.21. The van der Waals surface area contributed by atoms with E-state index in [2.05, 4.69) is 13.0 Å². The van der Waals surface area contributed by atoms with Crippen LogP contribution >= 0.6 is 0 Å². The van der Waals surface area contributed by atoms with Gasteiger partial charge in [0.25, 0.3) is 0 Å². The van der Waals surface area contributed by atoms with E-state index in [0.717, 1.165) is 11.1 Å². The van der Waals surface area contributed by atoms with Gasteiger partial charge in [0.05, 0.1) is 6.54 Å². The van der Waals surface area contributed by atoms with Crippen molar-refractivity contribution in [1.29, 1.82) is 0 Å². The van der Waals surface area contributed by atoms with Crippen LogP contribution in [0.5, 0.6) is 0 Å². The second-order valence-corrected chi connectivity index (χ2v) is 3.68. The van der Waals surface area contributed by atoms with Crippen LogP contribution in [0.25, 0.3) is 0 Å². The number of benzene rings is 1. The van der Waals surface area contributed by atoms with Crippen LogP contribution in [0.1, 0.15) is 16.7 Å². The number of nitrogens with two attached hydrogens (primary N) is 1. The molecule has 0 heterocycles. The van der Waals surface area contributed by atoms with Gasteiger partial charge in [0.2, 0.25) is 5.79 Å². The van der Waals surface area contributed by atoms with Gasteiger partial charge >= 0.3 is 0 Å². The summed E-state index contributed by atoms with van der Waals surface area (Å²) in [4.78, 5) is 0. The zero-order chi connectivity index (χ0) is 11.5. The molecule has 0 spiro atoms. The Morgan fingerprint density at radius 2 is 1.80 bits per heavy atom. The van der Waals surface area contributed by atoms with Gasteiger partial charge < -0.3 is 15.2 Å². The summed E-state index contributed by atoms with van der Waals surface area (Å²) < 4.78 is 10.8. The maximum Gasteiger partial charge on any atom is 0.207 e. The molecule has 0 amide bonds. The molecule has 0 aliphatic heterocycles. The van der Waals surface area contributed by atoms with E-state index in [4.69, 9.17) is 15.2 Å². The van der Waals surface area contributed by atoms with Gasteiger partial charge in [-0.2, -0.15) is 0 Å². The Balaban J connectivity index is 3.22. The van der Waals surface area contributed by atoms with Crippen molar-refractivity contribution in [3.05, 3.63) is 34.9 Å². The highest BCUT2D eigenvalue weighted by molar-refractivity contribution is 5.34. The molecule has 0 bridgehead atoms. The molecular formula is C12H19NO2. The van der Waals surface area contributed by atoms with Crippen LogP contribution < -0.4 is 5.73 Å². The molecule has 0 saturated heterocycles. The number of aryl methyl sites for hydroxylation is 2. The van der Waals surface area contributed by atoms with Crippen LogP contribution in [-0.4, -0.2) is 20.8 Å². The van der Waals surface area contributed by atoms with Gasteiger partial charge in [0, 0.05) is 19.8 Å². The van der Waals surface area contributed by atoms with E-state index >= 15 is 0 Å². The normalized spacial score (nSPS) is 11.8. The second kappa shape index (κ2) is 4.75. The van der Waals surface area contributed by atoms with Crippen molar-refractivity contribution in [1.82, 2.24) is 0 Å². The van der Waals surface area contributed by atoms with E-state index in [0.29, 0.717) is 6.54 Å². The highest BCUT2D eigenvalue weighted by Gasteiger charge is 2.31. The largest absolute Gasteiger partial charge is 0.348 e. The molecule has 1 aromatic rings. The van der Waals surface area contributed by atoms with Crippen molar-refractivity contribution in [2.45, 2.75) is 19.6 Å². The highest BCUT2D eigenvalue weighted by Crippen LogP contribution is 2.28. The monoisotopic (exact) mass is 209 g/mol. The molecule has 0 fully saturated rings. The Hall–Kier alpha value is -0.900. The van der Waals surface area contributed by atoms with Crippen molar-refractivity contribution >= 4 is 0 Å². The van der Waals surface area contributed by atoms with Crippen molar-refractivity contribution in [3.63, 3.8) is 0 Å². The SMILES string of the molecule is COC(CN)(OC)c1ccc(C)cc1C. The number of hydrogen-bond acceptors (Lipinski definition) is 3. The molecule has 0 aliphatic carbocycles. The Morgan fingerprint density at radius 1 is 1.20 bits per heavy atom. The predicted octanol–water partition coefficient (Wildman–Crippen LogP) is 1.71. The summed E-state index contributed by atoms with van der Waals surface area (Å²) in [5.41, 5.74) is 9.05. The lowest BCUT2D eigenvalue weighted by molar-refractivity contribution is -0.208. The van der Waals surface area contributed by atoms with Crippen LogP contribution in [0.15, 0.2) is 18.2 Å². The molecule has 3 nitrogen and oxygen atoms in total. The van der Waals surface area contributed by atoms with Gasteiger partial charge in [-0.25, -0.2) is 0 Å². The Bertz CT molecular complexity index is 324. The molecule has 0 unspecified atom stereocenters. The van der Waals surface area contributed by atoms with E-state index < -0.39 is 5.79 Å². The quantitative estimate of drug-likeness (QED) is 0.768. The maximum absolute atomic E-state index is 5.72. The number of methoxy groups -OCH3 is 2. The average molecular weight is 209 g/mol. The minimum Gasteiger partial charge on any atom is -0.348 e. The smallest absolute Gasteiger partial charge is 0.207 e. The highest BCUT2D eigenvalue weighted by atomic mass is 16.7. The number of rotatable bonds is 4. The summed E-state index contributed by atoms with van der Waals surface area (Å²) in [6, 6.07) is 6.13. The van der Waals surface area contributed by atoms with E-state index in [-0.39, 0.29) is 0 Å². The van der Waals surface area contributed by atoms with E-state index in [1.807, 2.05) is 19.1 Å². The summed E-state index contributed by atoms with van der Waals surface area (Å²) in [5.74, 6) is -0.822. The zero-order valence-corrected chi connectivity index (χ0v) is 9.83. The number of ether oxygens (including phenoxy) is 2. The van der Waals surface area contributed by atoms with Crippen molar-refractivity contribution in [2.75, 3.05) is 20.8 Å². The van der Waals surface area contributed by atoms with Crippen LogP contribution in [0.3, 0.4) is 0 Å². The van der Waals surface area contributed by atoms with Gasteiger partial charge in [-0.1, -0.05) is 23.8 Å². The first-order valence-corrected chi connectivity index (χ1v) is 4.97. The maximum atomic E-state index is 5.72. The van der Waals surface area contributed by atoms with Gasteiger partial charge in [-0.3, -0.25) is 0 Å². The van der Waals surface area contributed by atoms with E-state index in [1.54, 1.807) is 14.2 Å². The fourth-order valence-corrected chi connectivity index (χ4v) is 1.82. The molecule has 15 heavy (non-hydrogen) atoms. The second-order valence-electron chi connectivity index (χ2n) is 3.68. The third-order valence-electron chi connectivity index (χ3n) is 2.72. The van der Waals surface area contributed by atoms with Gasteiger partial charge in [-0.15, -0.1) is 0 Å². The van der Waals surface area contributed by atoms with Gasteiger partial charge in [0.15, 0.2) is 0 Å². The summed E-state index contributed by atoms with van der Waals surface area (Å²) in [6.07, 6.45) is 0. The fourth-order valence-electron chi connectivity index (χ4n) is 1.82. The Labute approximate surface area is 91.2 Å². The fraction of sp³-hybridized carbons (Fsp3) is 0.500. The lowest BCUT2D eigenvalue weighted by Crippen LogP contribution is -2.39. The molecule has 0 saturated carbocycles. The number of hydrogen-bond donors (Lipinski definition) is 1. The van der Waals surface area contributed by atoms with Crippen LogP contribution in [0, 0.1) is 13.8 Å². The molecule has 2 N–H and O–H groups in total. The lowest BCUT2D eigenvalue weighted by Gasteiger charge is -2.31. The predicted molar refractivity (Wildman–Crippen MR) is 60.7 cm³/mol. The topological polar surface area (TPSA) is 44.5 Å². The molecule has 0 radical (unpaired) electrons. The first-order chi connectivity index (χ1) is 7.09. The summed E-state index contributed by atoms with van der Waals surface area (Å²) in [5, 5.41) is 0. The molecule has 84 valence electrons. The van der Waals surface area contributed by atoms with E-state index in [9.17, 15) is 0 Å². The standard InChI is InChI=1S/C12H19NO2/c1-9-5-6-11(10(2)7-9)12(8-13,14-3)15-4/h5-7H,8,13H2,1-4H3. The van der Waals surface area contributed by atoms with Crippen LogP contribution in [-0.2, 0) is 15.3 Å². The summed E-state index contributed by atoms with van der Waals surface area (Å²) in [6.45, 7) is 4.38. The first-order valence-electron chi connectivity index (χ1n) is 4.97. The van der Waals surface area contributed by atoms with Crippen LogP contribution in [0.4, 0.5) is 0 Å². The first kappa shape index (κ1) is 12.2. The Morgan fingerprint density at radius 3 is 2.20 bits per heavy atom. The Kier molecular flexibility index (Phi) is 3.85. The van der Waals surface area contributed by atoms with Crippen LogP contribution in [0.2, 0.25) is 0 Å². The molecule has 0 aliphatic rings. The zero-order valence-electron chi connectivity index (χ0n) is 9.83. The molecule has 1 aromatic carbocycles. The molecule has 1 rings (SSSR count). The third kappa shape index (κ3) is 2.20. The lowest BCUT2D eigenvalue weighted by atomic mass is 9.98. The van der Waals surface area contributed by atoms with Gasteiger partial charge in [-0.05, 0) is 19.4 Å². The minimum atomic E-state index is -0.822. The van der Waals surface area contributed by atoms with E-state index in [1.165, 1.54) is 5.56 Å². The van der Waals surface area contributed by atoms with Crippen molar-refractivity contribution in [2.24, 2.45) is 5.73 Å². The third-order valence-corrected chi connectivity index (χ3v) is 2.72. The minimum absolute atomic E-state index is 0.296. The average Bonchev–Trinajstić information content (AvgIpc) is 2.23. The molecule has 3 heteroatoms. The molecular weight excluding hydrogens is 190 g/mol. The molecule has 0 atom stereocenters. The summed E-state index contributed by atoms with van der Waals surface area (Å²) >= 11 is 0. The van der Waals surface area contributed by atoms with Crippen molar-refractivity contribution < 1.29 is 9.47 Å². The van der Waals surface area contributed by atoms with Gasteiger partial charge in [0.1, 0.15) is 0 Å².